The molecule has 0 amide bonds. The van der Waals surface area contributed by atoms with Crippen LogP contribution in [0.2, 0.25) is 0 Å². The maximum atomic E-state index is 6.94. The summed E-state index contributed by atoms with van der Waals surface area (Å²) >= 11 is 0.569. The van der Waals surface area contributed by atoms with Gasteiger partial charge in [0.2, 0.25) is 0 Å². The van der Waals surface area contributed by atoms with Crippen molar-refractivity contribution < 1.29 is 17.4 Å². The average molecular weight is 670 g/mol. The van der Waals surface area contributed by atoms with Crippen LogP contribution in [0.1, 0.15) is 0 Å². The summed E-state index contributed by atoms with van der Waals surface area (Å²) in [6.07, 6.45) is 0. The summed E-state index contributed by atoms with van der Waals surface area (Å²) < 4.78 is 6.94. The Hall–Kier alpha value is -2.95. The van der Waals surface area contributed by atoms with E-state index in [0.29, 0.717) is 12.7 Å². The number of hydrogen-bond acceptors (Lipinski definition) is 1. The van der Waals surface area contributed by atoms with Gasteiger partial charge in [-0.15, -0.1) is 0 Å². The minimum atomic E-state index is -1.28. The molecule has 0 radical (unpaired) electrons. The van der Waals surface area contributed by atoms with Crippen LogP contribution in [0.5, 0.6) is 11.5 Å². The number of ether oxygens (including phenoxy) is 1. The molecule has 0 fully saturated rings. The quantitative estimate of drug-likeness (QED) is 0.119. The summed E-state index contributed by atoms with van der Waals surface area (Å²) in [7, 11) is 6.85. The normalized spacial score (nSPS) is 10.8. The van der Waals surface area contributed by atoms with Crippen molar-refractivity contribution in [2.75, 3.05) is 0 Å². The first kappa shape index (κ1) is 30.5. The van der Waals surface area contributed by atoms with E-state index < -0.39 is 15.8 Å². The van der Waals surface area contributed by atoms with Crippen LogP contribution >= 0.6 is 36.2 Å². The third-order valence-electron chi connectivity index (χ3n) is 6.78. The molecule has 0 atom stereocenters. The standard InChI is InChI=1S/C36H28OP2.2ClH.Ni/c1-5-17-29(18-6-1)38(30-19-7-2-8-20-30)35-27-15-13-25-33(35)37-34-26-14-16-28-36(34)39(31-21-9-3-10-22-31)32-23-11-4-12-24-32;;;/h1-28H;2*1H;/q;;;+2. The van der Waals surface area contributed by atoms with Gasteiger partial charge in [-0.25, -0.2) is 0 Å². The fourth-order valence-corrected chi connectivity index (χ4v) is 10.3. The van der Waals surface area contributed by atoms with Crippen LogP contribution in [0, 0.1) is 0 Å². The molecule has 212 valence electrons. The van der Waals surface area contributed by atoms with Crippen LogP contribution in [-0.2, 0) is 12.7 Å². The minimum absolute atomic E-state index is 0.569. The molecule has 0 unspecified atom stereocenters. The Morgan fingerprint density at radius 1 is 0.357 bits per heavy atom. The number of benzene rings is 6. The van der Waals surface area contributed by atoms with Gasteiger partial charge in [-0.05, 0) is 72.8 Å². The van der Waals surface area contributed by atoms with Gasteiger partial charge in [0.15, 0.2) is 11.5 Å². The minimum Gasteiger partial charge on any atom is -0.449 e. The summed E-state index contributed by atoms with van der Waals surface area (Å²) in [4.78, 5) is 0. The Morgan fingerprint density at radius 2 is 0.595 bits per heavy atom. The molecule has 6 aromatic rings. The largest absolute Gasteiger partial charge is 0.449 e. The van der Waals surface area contributed by atoms with Gasteiger partial charge in [-0.3, -0.25) is 0 Å². The van der Waals surface area contributed by atoms with Crippen molar-refractivity contribution in [3.05, 3.63) is 170 Å². The maximum absolute atomic E-state index is 6.94. The molecule has 0 aliphatic rings. The van der Waals surface area contributed by atoms with Gasteiger partial charge in [0, 0.05) is 0 Å². The first-order valence-electron chi connectivity index (χ1n) is 13.4. The van der Waals surface area contributed by atoms with Gasteiger partial charge in [0.1, 0.15) is 47.7 Å². The summed E-state index contributed by atoms with van der Waals surface area (Å²) in [6, 6.07) is 60.6. The maximum Gasteiger partial charge on any atom is 0.170 e. The Bertz CT molecular complexity index is 1450. The van der Waals surface area contributed by atoms with Crippen molar-refractivity contribution in [2.45, 2.75) is 0 Å². The second-order valence-corrected chi connectivity index (χ2v) is 15.9. The van der Waals surface area contributed by atoms with E-state index in [0.717, 1.165) is 11.5 Å². The van der Waals surface area contributed by atoms with E-state index in [4.69, 9.17) is 25.1 Å². The molecule has 0 aromatic heterocycles. The summed E-state index contributed by atoms with van der Waals surface area (Å²) in [5, 5.41) is 7.88. The molecule has 0 saturated heterocycles. The van der Waals surface area contributed by atoms with Crippen molar-refractivity contribution >= 4 is 68.1 Å². The Morgan fingerprint density at radius 3 is 0.881 bits per heavy atom. The number of rotatable bonds is 8. The topological polar surface area (TPSA) is 9.23 Å². The molecular formula is C36H30Cl2NiOP2+2. The first-order valence-corrected chi connectivity index (χ1v) is 19.2. The zero-order valence-corrected chi connectivity index (χ0v) is 27.1. The number of hydrogen-bond donors (Lipinski definition) is 0. The van der Waals surface area contributed by atoms with Crippen molar-refractivity contribution in [2.24, 2.45) is 0 Å². The molecule has 42 heavy (non-hydrogen) atoms. The van der Waals surface area contributed by atoms with Gasteiger partial charge in [-0.2, -0.15) is 0 Å². The SMILES string of the molecule is [Cl][Ni][Cl].c1ccc([PH+](c2ccccc2)c2ccccc2Oc2ccccc2[PH+](c2ccccc2)c2ccccc2)cc1. The molecule has 1 nitrogen and oxygen atoms in total. The number of para-hydroxylation sites is 2. The predicted molar refractivity (Wildman–Crippen MR) is 185 cm³/mol. The molecule has 0 saturated carbocycles. The molecule has 0 N–H and O–H groups in total. The molecule has 0 aliphatic carbocycles. The van der Waals surface area contributed by atoms with E-state index in [9.17, 15) is 0 Å². The summed E-state index contributed by atoms with van der Waals surface area (Å²) in [6.45, 7) is 0. The molecular weight excluding hydrogens is 640 g/mol. The van der Waals surface area contributed by atoms with E-state index in [1.165, 1.54) is 31.8 Å². The zero-order valence-electron chi connectivity index (χ0n) is 22.6. The van der Waals surface area contributed by atoms with E-state index >= 15 is 0 Å². The van der Waals surface area contributed by atoms with Crippen molar-refractivity contribution in [3.63, 3.8) is 0 Å². The summed E-state index contributed by atoms with van der Waals surface area (Å²) in [5.74, 6) is 1.85. The van der Waals surface area contributed by atoms with E-state index in [1.54, 1.807) is 0 Å². The molecule has 6 heteroatoms. The van der Waals surface area contributed by atoms with Crippen molar-refractivity contribution in [3.8, 4) is 11.5 Å². The first-order chi connectivity index (χ1) is 20.8. The molecule has 0 bridgehead atoms. The van der Waals surface area contributed by atoms with Gasteiger partial charge in [0.05, 0.1) is 0 Å². The monoisotopic (exact) mass is 668 g/mol. The zero-order chi connectivity index (χ0) is 29.0. The second-order valence-electron chi connectivity index (χ2n) is 9.35. The van der Waals surface area contributed by atoms with Gasteiger partial charge < -0.3 is 4.74 Å². The molecule has 0 spiro atoms. The molecule has 6 rings (SSSR count). The predicted octanol–water partition coefficient (Wildman–Crippen LogP) is 7.84. The second kappa shape index (κ2) is 16.1. The fourth-order valence-electron chi connectivity index (χ4n) is 5.02. The van der Waals surface area contributed by atoms with Crippen LogP contribution in [0.3, 0.4) is 0 Å². The Balaban J connectivity index is 0.00000113. The molecule has 0 heterocycles. The molecule has 0 aliphatic heterocycles. The van der Waals surface area contributed by atoms with E-state index in [1.807, 2.05) is 0 Å². The summed E-state index contributed by atoms with van der Waals surface area (Å²) in [5.41, 5.74) is 0. The van der Waals surface area contributed by atoms with Gasteiger partial charge in [0.25, 0.3) is 0 Å². The van der Waals surface area contributed by atoms with Gasteiger partial charge >= 0.3 is 33.0 Å². The van der Waals surface area contributed by atoms with Crippen LogP contribution in [0.4, 0.5) is 0 Å². The van der Waals surface area contributed by atoms with Crippen LogP contribution in [-0.4, -0.2) is 0 Å². The number of halogens is 2. The van der Waals surface area contributed by atoms with Crippen LogP contribution < -0.4 is 36.6 Å². The van der Waals surface area contributed by atoms with Gasteiger partial charge in [-0.1, -0.05) is 97.1 Å². The smallest absolute Gasteiger partial charge is 0.170 e. The van der Waals surface area contributed by atoms with E-state index in [-0.39, 0.29) is 0 Å². The van der Waals surface area contributed by atoms with Crippen molar-refractivity contribution in [1.82, 2.24) is 0 Å². The third-order valence-corrected chi connectivity index (χ3v) is 12.3. The Labute approximate surface area is 265 Å². The van der Waals surface area contributed by atoms with Crippen LogP contribution in [0.25, 0.3) is 0 Å². The Kier molecular flexibility index (Phi) is 11.7. The van der Waals surface area contributed by atoms with Crippen molar-refractivity contribution in [1.29, 1.82) is 0 Å². The van der Waals surface area contributed by atoms with E-state index in [2.05, 4.69) is 170 Å². The fraction of sp³-hybridized carbons (Fsp3) is 0. The van der Waals surface area contributed by atoms with Crippen LogP contribution in [0.15, 0.2) is 170 Å². The molecule has 6 aromatic carbocycles. The average Bonchev–Trinajstić information content (AvgIpc) is 3.05. The third kappa shape index (κ3) is 7.71.